The highest BCUT2D eigenvalue weighted by atomic mass is 127. The molecular formula is C10H11IN2O2S. The van der Waals surface area contributed by atoms with Crippen molar-refractivity contribution in [3.8, 4) is 0 Å². The smallest absolute Gasteiger partial charge is 0.252 e. The van der Waals surface area contributed by atoms with Gasteiger partial charge in [0.05, 0.1) is 8.45 Å². The number of amides is 2. The van der Waals surface area contributed by atoms with Crippen LogP contribution >= 0.6 is 33.9 Å². The van der Waals surface area contributed by atoms with Crippen molar-refractivity contribution in [3.05, 3.63) is 19.9 Å². The monoisotopic (exact) mass is 350 g/mol. The summed E-state index contributed by atoms with van der Waals surface area (Å²) in [5.41, 5.74) is 0.693. The van der Waals surface area contributed by atoms with E-state index in [4.69, 9.17) is 0 Å². The van der Waals surface area contributed by atoms with Crippen molar-refractivity contribution in [1.82, 2.24) is 10.6 Å². The summed E-state index contributed by atoms with van der Waals surface area (Å²) < 4.78 is 1.09. The minimum Gasteiger partial charge on any atom is -0.352 e. The summed E-state index contributed by atoms with van der Waals surface area (Å²) in [5, 5.41) is 7.48. The first-order valence-corrected chi connectivity index (χ1v) is 6.92. The lowest BCUT2D eigenvalue weighted by atomic mass is 10.2. The SMILES string of the molecule is O=C1CCC(CNC(=O)c2csc(I)c2)N1. The van der Waals surface area contributed by atoms with Crippen LogP contribution in [0.4, 0.5) is 0 Å². The number of hydrogen-bond acceptors (Lipinski definition) is 3. The van der Waals surface area contributed by atoms with Crippen LogP contribution in [-0.4, -0.2) is 24.4 Å². The zero-order valence-electron chi connectivity index (χ0n) is 8.46. The van der Waals surface area contributed by atoms with Crippen molar-refractivity contribution in [3.63, 3.8) is 0 Å². The van der Waals surface area contributed by atoms with E-state index in [1.165, 1.54) is 0 Å². The van der Waals surface area contributed by atoms with Gasteiger partial charge in [0.25, 0.3) is 5.91 Å². The van der Waals surface area contributed by atoms with Crippen molar-refractivity contribution < 1.29 is 9.59 Å². The molecule has 0 aliphatic carbocycles. The van der Waals surface area contributed by atoms with E-state index in [2.05, 4.69) is 33.2 Å². The summed E-state index contributed by atoms with van der Waals surface area (Å²) >= 11 is 3.73. The molecule has 1 unspecified atom stereocenters. The third kappa shape index (κ3) is 2.94. The van der Waals surface area contributed by atoms with E-state index < -0.39 is 0 Å². The zero-order valence-corrected chi connectivity index (χ0v) is 11.4. The van der Waals surface area contributed by atoms with Gasteiger partial charge in [-0.25, -0.2) is 0 Å². The molecule has 2 rings (SSSR count). The van der Waals surface area contributed by atoms with E-state index >= 15 is 0 Å². The third-order valence-electron chi connectivity index (χ3n) is 2.42. The lowest BCUT2D eigenvalue weighted by Gasteiger charge is -2.10. The molecule has 2 heterocycles. The van der Waals surface area contributed by atoms with Crippen LogP contribution in [-0.2, 0) is 4.79 Å². The second-order valence-corrected chi connectivity index (χ2v) is 6.46. The fraction of sp³-hybridized carbons (Fsp3) is 0.400. The van der Waals surface area contributed by atoms with Gasteiger partial charge in [-0.3, -0.25) is 9.59 Å². The molecule has 1 saturated heterocycles. The van der Waals surface area contributed by atoms with Gasteiger partial charge in [0, 0.05) is 24.4 Å². The van der Waals surface area contributed by atoms with Crippen molar-refractivity contribution in [2.75, 3.05) is 6.54 Å². The topological polar surface area (TPSA) is 58.2 Å². The second-order valence-electron chi connectivity index (χ2n) is 3.65. The van der Waals surface area contributed by atoms with E-state index in [9.17, 15) is 9.59 Å². The summed E-state index contributed by atoms with van der Waals surface area (Å²) in [4.78, 5) is 22.6. The van der Waals surface area contributed by atoms with Crippen LogP contribution in [0.1, 0.15) is 23.2 Å². The standard InChI is InChI=1S/C10H11IN2O2S/c11-8-3-6(5-16-8)10(15)12-4-7-1-2-9(14)13-7/h3,5,7H,1-2,4H2,(H,12,15)(H,13,14). The quantitative estimate of drug-likeness (QED) is 0.809. The highest BCUT2D eigenvalue weighted by Gasteiger charge is 2.21. The summed E-state index contributed by atoms with van der Waals surface area (Å²) in [6.07, 6.45) is 1.37. The molecule has 86 valence electrons. The minimum atomic E-state index is -0.0692. The Hall–Kier alpha value is -0.630. The maximum atomic E-state index is 11.7. The van der Waals surface area contributed by atoms with Gasteiger partial charge in [0.1, 0.15) is 0 Å². The number of carbonyl (C=O) groups is 2. The Morgan fingerprint density at radius 1 is 1.69 bits per heavy atom. The summed E-state index contributed by atoms with van der Waals surface area (Å²) in [5.74, 6) is 0.00430. The van der Waals surface area contributed by atoms with Crippen molar-refractivity contribution in [2.45, 2.75) is 18.9 Å². The van der Waals surface area contributed by atoms with Crippen LogP contribution in [0, 0.1) is 2.88 Å². The number of carbonyl (C=O) groups excluding carboxylic acids is 2. The number of nitrogens with one attached hydrogen (secondary N) is 2. The molecule has 1 fully saturated rings. The second kappa shape index (κ2) is 5.13. The zero-order chi connectivity index (χ0) is 11.5. The Morgan fingerprint density at radius 3 is 3.06 bits per heavy atom. The molecule has 1 aliphatic heterocycles. The highest BCUT2D eigenvalue weighted by molar-refractivity contribution is 14.1. The van der Waals surface area contributed by atoms with Gasteiger partial charge in [0.15, 0.2) is 0 Å². The Labute approximate surface area is 111 Å². The van der Waals surface area contributed by atoms with Gasteiger partial charge in [-0.1, -0.05) is 0 Å². The maximum absolute atomic E-state index is 11.7. The molecule has 1 aliphatic rings. The molecule has 2 amide bonds. The third-order valence-corrected chi connectivity index (χ3v) is 4.21. The van der Waals surface area contributed by atoms with E-state index in [-0.39, 0.29) is 17.9 Å². The molecule has 4 nitrogen and oxygen atoms in total. The molecule has 0 aromatic carbocycles. The predicted molar refractivity (Wildman–Crippen MR) is 70.5 cm³/mol. The van der Waals surface area contributed by atoms with E-state index in [1.54, 1.807) is 11.3 Å². The number of thiophene rings is 1. The Balaban J connectivity index is 1.82. The average molecular weight is 350 g/mol. The van der Waals surface area contributed by atoms with Crippen LogP contribution < -0.4 is 10.6 Å². The molecule has 16 heavy (non-hydrogen) atoms. The van der Waals surface area contributed by atoms with Gasteiger partial charge < -0.3 is 10.6 Å². The summed E-state index contributed by atoms with van der Waals surface area (Å²) in [6, 6.07) is 1.95. The first-order valence-electron chi connectivity index (χ1n) is 4.97. The predicted octanol–water partition coefficient (Wildman–Crippen LogP) is 1.36. The van der Waals surface area contributed by atoms with Crippen molar-refractivity contribution in [1.29, 1.82) is 0 Å². The molecule has 6 heteroatoms. The van der Waals surface area contributed by atoms with Gasteiger partial charge in [-0.05, 0) is 35.1 Å². The molecule has 2 N–H and O–H groups in total. The molecule has 0 bridgehead atoms. The van der Waals surface area contributed by atoms with Crippen LogP contribution in [0.5, 0.6) is 0 Å². The van der Waals surface area contributed by atoms with Crippen molar-refractivity contribution in [2.24, 2.45) is 0 Å². The van der Waals surface area contributed by atoms with Crippen molar-refractivity contribution >= 4 is 45.7 Å². The minimum absolute atomic E-state index is 0.0692. The number of rotatable bonds is 3. The molecule has 1 atom stereocenters. The molecule has 1 aromatic rings. The summed E-state index contributed by atoms with van der Waals surface area (Å²) in [6.45, 7) is 0.511. The summed E-state index contributed by atoms with van der Waals surface area (Å²) in [7, 11) is 0. The van der Waals surface area contributed by atoms with Gasteiger partial charge in [-0.15, -0.1) is 11.3 Å². The maximum Gasteiger partial charge on any atom is 0.252 e. The fourth-order valence-electron chi connectivity index (χ4n) is 1.58. The van der Waals surface area contributed by atoms with Gasteiger partial charge >= 0.3 is 0 Å². The largest absolute Gasteiger partial charge is 0.352 e. The molecule has 0 radical (unpaired) electrons. The molecule has 1 aromatic heterocycles. The van der Waals surface area contributed by atoms with Crippen LogP contribution in [0.3, 0.4) is 0 Å². The number of hydrogen-bond donors (Lipinski definition) is 2. The Morgan fingerprint density at radius 2 is 2.50 bits per heavy atom. The van der Waals surface area contributed by atoms with Crippen LogP contribution in [0.25, 0.3) is 0 Å². The molecular weight excluding hydrogens is 339 g/mol. The van der Waals surface area contributed by atoms with Gasteiger partial charge in [0.2, 0.25) is 5.91 Å². The Kier molecular flexibility index (Phi) is 3.80. The lowest BCUT2D eigenvalue weighted by Crippen LogP contribution is -2.38. The Bertz CT molecular complexity index is 419. The number of halogens is 1. The van der Waals surface area contributed by atoms with E-state index in [1.807, 2.05) is 11.4 Å². The molecule has 0 spiro atoms. The van der Waals surface area contributed by atoms with Gasteiger partial charge in [-0.2, -0.15) is 0 Å². The van der Waals surface area contributed by atoms with Crippen LogP contribution in [0.15, 0.2) is 11.4 Å². The van der Waals surface area contributed by atoms with Crippen LogP contribution in [0.2, 0.25) is 0 Å². The fourth-order valence-corrected chi connectivity index (χ4v) is 2.90. The highest BCUT2D eigenvalue weighted by Crippen LogP contribution is 2.16. The first kappa shape index (κ1) is 11.8. The van der Waals surface area contributed by atoms with E-state index in [0.29, 0.717) is 18.5 Å². The lowest BCUT2D eigenvalue weighted by molar-refractivity contribution is -0.119. The first-order chi connectivity index (χ1) is 7.65. The molecule has 0 saturated carbocycles. The normalized spacial score (nSPS) is 19.6. The average Bonchev–Trinajstić information content (AvgIpc) is 2.84. The van der Waals surface area contributed by atoms with E-state index in [0.717, 1.165) is 9.30 Å².